The zero-order valence-corrected chi connectivity index (χ0v) is 9.94. The molecule has 0 heterocycles. The summed E-state index contributed by atoms with van der Waals surface area (Å²) in [5.41, 5.74) is 7.09. The van der Waals surface area contributed by atoms with Crippen LogP contribution in [-0.2, 0) is 5.75 Å². The standard InChI is InChI=1S/C11H16ClNS/c1-2-11(13)8-14-7-9-4-3-5-10(12)6-9/h3-6,11H,2,7-8,13H2,1H3. The molecule has 2 N–H and O–H groups in total. The fourth-order valence-electron chi connectivity index (χ4n) is 1.07. The van der Waals surface area contributed by atoms with Gasteiger partial charge >= 0.3 is 0 Å². The topological polar surface area (TPSA) is 26.0 Å². The van der Waals surface area contributed by atoms with E-state index in [4.69, 9.17) is 17.3 Å². The summed E-state index contributed by atoms with van der Waals surface area (Å²) < 4.78 is 0. The third-order valence-corrected chi connectivity index (χ3v) is 3.45. The molecule has 1 atom stereocenters. The van der Waals surface area contributed by atoms with Crippen molar-refractivity contribution in [3.63, 3.8) is 0 Å². The molecule has 0 amide bonds. The summed E-state index contributed by atoms with van der Waals surface area (Å²) in [5.74, 6) is 2.01. The van der Waals surface area contributed by atoms with Gasteiger partial charge in [-0.05, 0) is 24.1 Å². The fraction of sp³-hybridized carbons (Fsp3) is 0.455. The van der Waals surface area contributed by atoms with Crippen LogP contribution in [0.2, 0.25) is 5.02 Å². The van der Waals surface area contributed by atoms with Gasteiger partial charge in [0, 0.05) is 22.6 Å². The Balaban J connectivity index is 2.31. The lowest BCUT2D eigenvalue weighted by Gasteiger charge is -2.07. The number of thioether (sulfide) groups is 1. The first-order valence-corrected chi connectivity index (χ1v) is 6.33. The normalized spacial score (nSPS) is 12.8. The number of benzene rings is 1. The molecule has 0 saturated heterocycles. The lowest BCUT2D eigenvalue weighted by Crippen LogP contribution is -2.21. The molecule has 0 aliphatic heterocycles. The van der Waals surface area contributed by atoms with Gasteiger partial charge in [-0.2, -0.15) is 11.8 Å². The second kappa shape index (κ2) is 6.33. The van der Waals surface area contributed by atoms with Crippen LogP contribution in [0.15, 0.2) is 24.3 Å². The molecule has 78 valence electrons. The van der Waals surface area contributed by atoms with E-state index in [1.807, 2.05) is 30.0 Å². The quantitative estimate of drug-likeness (QED) is 0.839. The Bertz CT molecular complexity index is 278. The van der Waals surface area contributed by atoms with Gasteiger partial charge in [-0.25, -0.2) is 0 Å². The van der Waals surface area contributed by atoms with Gasteiger partial charge in [0.15, 0.2) is 0 Å². The second-order valence-corrected chi connectivity index (χ2v) is 4.78. The molecule has 0 spiro atoms. The Kier molecular flexibility index (Phi) is 5.38. The van der Waals surface area contributed by atoms with Gasteiger partial charge in [0.25, 0.3) is 0 Å². The number of halogens is 1. The molecule has 3 heteroatoms. The monoisotopic (exact) mass is 229 g/mol. The Labute approximate surface area is 95.0 Å². The second-order valence-electron chi connectivity index (χ2n) is 3.31. The average molecular weight is 230 g/mol. The Morgan fingerprint density at radius 3 is 2.93 bits per heavy atom. The Hall–Kier alpha value is -0.180. The molecule has 1 nitrogen and oxygen atoms in total. The van der Waals surface area contributed by atoms with Crippen LogP contribution in [0.1, 0.15) is 18.9 Å². The number of rotatable bonds is 5. The van der Waals surface area contributed by atoms with E-state index in [0.29, 0.717) is 6.04 Å². The zero-order valence-electron chi connectivity index (χ0n) is 8.37. The van der Waals surface area contributed by atoms with Crippen LogP contribution >= 0.6 is 23.4 Å². The molecular weight excluding hydrogens is 214 g/mol. The first-order valence-electron chi connectivity index (χ1n) is 4.80. The molecular formula is C11H16ClNS. The highest BCUT2D eigenvalue weighted by Gasteiger charge is 1.99. The molecule has 1 aromatic rings. The van der Waals surface area contributed by atoms with E-state index in [2.05, 4.69) is 13.0 Å². The third-order valence-electron chi connectivity index (χ3n) is 2.01. The van der Waals surface area contributed by atoms with Crippen LogP contribution in [0.25, 0.3) is 0 Å². The maximum atomic E-state index is 5.88. The maximum Gasteiger partial charge on any atom is 0.0409 e. The van der Waals surface area contributed by atoms with Crippen LogP contribution < -0.4 is 5.73 Å². The third kappa shape index (κ3) is 4.36. The van der Waals surface area contributed by atoms with Crippen LogP contribution in [-0.4, -0.2) is 11.8 Å². The molecule has 0 radical (unpaired) electrons. The molecule has 0 saturated carbocycles. The summed E-state index contributed by atoms with van der Waals surface area (Å²) in [7, 11) is 0. The highest BCUT2D eigenvalue weighted by Crippen LogP contribution is 2.17. The van der Waals surface area contributed by atoms with Crippen molar-refractivity contribution in [3.05, 3.63) is 34.9 Å². The summed E-state index contributed by atoms with van der Waals surface area (Å²) in [6.07, 6.45) is 1.04. The van der Waals surface area contributed by atoms with Gasteiger partial charge in [-0.3, -0.25) is 0 Å². The maximum absolute atomic E-state index is 5.88. The molecule has 0 aromatic heterocycles. The van der Waals surface area contributed by atoms with Gasteiger partial charge in [0.05, 0.1) is 0 Å². The van der Waals surface area contributed by atoms with Crippen LogP contribution in [0.5, 0.6) is 0 Å². The summed E-state index contributed by atoms with van der Waals surface area (Å²) in [5, 5.41) is 0.808. The summed E-state index contributed by atoms with van der Waals surface area (Å²) >= 11 is 7.74. The smallest absolute Gasteiger partial charge is 0.0409 e. The van der Waals surface area contributed by atoms with Gasteiger partial charge in [-0.15, -0.1) is 0 Å². The van der Waals surface area contributed by atoms with E-state index in [1.165, 1.54) is 5.56 Å². The summed E-state index contributed by atoms with van der Waals surface area (Å²) in [6, 6.07) is 8.30. The summed E-state index contributed by atoms with van der Waals surface area (Å²) in [4.78, 5) is 0. The van der Waals surface area contributed by atoms with E-state index in [-0.39, 0.29) is 0 Å². The highest BCUT2D eigenvalue weighted by molar-refractivity contribution is 7.98. The molecule has 0 fully saturated rings. The Morgan fingerprint density at radius 2 is 2.29 bits per heavy atom. The van der Waals surface area contributed by atoms with Crippen LogP contribution in [0.4, 0.5) is 0 Å². The average Bonchev–Trinajstić information content (AvgIpc) is 2.17. The van der Waals surface area contributed by atoms with Crippen molar-refractivity contribution in [3.8, 4) is 0 Å². The van der Waals surface area contributed by atoms with Crippen molar-refractivity contribution < 1.29 is 0 Å². The van der Waals surface area contributed by atoms with Crippen molar-refractivity contribution in [2.45, 2.75) is 25.1 Å². The van der Waals surface area contributed by atoms with E-state index in [1.54, 1.807) is 0 Å². The molecule has 0 aliphatic carbocycles. The fourth-order valence-corrected chi connectivity index (χ4v) is 2.36. The molecule has 0 aliphatic rings. The summed E-state index contributed by atoms with van der Waals surface area (Å²) in [6.45, 7) is 2.12. The van der Waals surface area contributed by atoms with E-state index in [0.717, 1.165) is 22.9 Å². The predicted octanol–water partition coefficient (Wildman–Crippen LogP) is 3.31. The van der Waals surface area contributed by atoms with Crippen molar-refractivity contribution in [2.24, 2.45) is 5.73 Å². The van der Waals surface area contributed by atoms with Crippen molar-refractivity contribution in [1.82, 2.24) is 0 Å². The largest absolute Gasteiger partial charge is 0.327 e. The van der Waals surface area contributed by atoms with E-state index >= 15 is 0 Å². The van der Waals surface area contributed by atoms with Gasteiger partial charge in [0.2, 0.25) is 0 Å². The van der Waals surface area contributed by atoms with Crippen LogP contribution in [0.3, 0.4) is 0 Å². The van der Waals surface area contributed by atoms with E-state index < -0.39 is 0 Å². The first kappa shape index (κ1) is 11.9. The zero-order chi connectivity index (χ0) is 10.4. The molecule has 1 unspecified atom stereocenters. The highest BCUT2D eigenvalue weighted by atomic mass is 35.5. The minimum atomic E-state index is 0.319. The van der Waals surface area contributed by atoms with Crippen molar-refractivity contribution in [2.75, 3.05) is 5.75 Å². The predicted molar refractivity (Wildman–Crippen MR) is 65.9 cm³/mol. The Morgan fingerprint density at radius 1 is 1.50 bits per heavy atom. The minimum Gasteiger partial charge on any atom is -0.327 e. The van der Waals surface area contributed by atoms with Crippen LogP contribution in [0, 0.1) is 0 Å². The van der Waals surface area contributed by atoms with Crippen molar-refractivity contribution in [1.29, 1.82) is 0 Å². The minimum absolute atomic E-state index is 0.319. The molecule has 1 rings (SSSR count). The lowest BCUT2D eigenvalue weighted by molar-refractivity contribution is 0.725. The van der Waals surface area contributed by atoms with E-state index in [9.17, 15) is 0 Å². The van der Waals surface area contributed by atoms with Gasteiger partial charge in [0.1, 0.15) is 0 Å². The number of hydrogen-bond donors (Lipinski definition) is 1. The van der Waals surface area contributed by atoms with Gasteiger partial charge in [-0.1, -0.05) is 30.7 Å². The first-order chi connectivity index (χ1) is 6.72. The van der Waals surface area contributed by atoms with Gasteiger partial charge < -0.3 is 5.73 Å². The van der Waals surface area contributed by atoms with Crippen molar-refractivity contribution >= 4 is 23.4 Å². The number of nitrogens with two attached hydrogens (primary N) is 1. The lowest BCUT2D eigenvalue weighted by atomic mass is 10.2. The number of hydrogen-bond acceptors (Lipinski definition) is 2. The molecule has 14 heavy (non-hydrogen) atoms. The molecule has 0 bridgehead atoms. The SMILES string of the molecule is CCC(N)CSCc1cccc(Cl)c1. The molecule has 1 aromatic carbocycles.